The Morgan fingerprint density at radius 3 is 2.58 bits per heavy atom. The molecule has 2 atom stereocenters. The van der Waals surface area contributed by atoms with Gasteiger partial charge in [0.15, 0.2) is 5.76 Å². The van der Waals surface area contributed by atoms with E-state index in [0.717, 1.165) is 32.5 Å². The number of nitrogens with zero attached hydrogens (tertiary/aromatic N) is 2. The lowest BCUT2D eigenvalue weighted by molar-refractivity contribution is 0.0290. The Balaban J connectivity index is 1.52. The summed E-state index contributed by atoms with van der Waals surface area (Å²) in [5.74, 6) is 0.440. The maximum atomic E-state index is 12.5. The second kappa shape index (κ2) is 7.67. The Morgan fingerprint density at radius 2 is 1.88 bits per heavy atom. The van der Waals surface area contributed by atoms with E-state index in [2.05, 4.69) is 49.1 Å². The molecule has 0 bridgehead atoms. The number of aryl methyl sites for hydroxylation is 1. The van der Waals surface area contributed by atoms with Crippen molar-refractivity contribution in [2.75, 3.05) is 19.6 Å². The van der Waals surface area contributed by atoms with Crippen molar-refractivity contribution >= 4 is 5.91 Å². The molecule has 0 N–H and O–H groups in total. The number of amides is 1. The largest absolute Gasteiger partial charge is 0.459 e. The Bertz CT molecular complexity index is 639. The molecule has 4 nitrogen and oxygen atoms in total. The van der Waals surface area contributed by atoms with Crippen molar-refractivity contribution in [3.63, 3.8) is 0 Å². The van der Waals surface area contributed by atoms with Crippen LogP contribution in [0.1, 0.15) is 36.4 Å². The summed E-state index contributed by atoms with van der Waals surface area (Å²) in [6.45, 7) is 7.07. The highest BCUT2D eigenvalue weighted by Gasteiger charge is 2.32. The molecule has 0 saturated carbocycles. The minimum absolute atomic E-state index is 0.00304. The Morgan fingerprint density at radius 1 is 1.08 bits per heavy atom. The average molecular weight is 326 g/mol. The number of rotatable bonds is 5. The van der Waals surface area contributed by atoms with Gasteiger partial charge in [-0.25, -0.2) is 0 Å². The molecule has 24 heavy (non-hydrogen) atoms. The molecule has 0 aliphatic carbocycles. The number of benzene rings is 1. The van der Waals surface area contributed by atoms with Crippen LogP contribution in [0, 0.1) is 0 Å². The van der Waals surface area contributed by atoms with Gasteiger partial charge in [0.2, 0.25) is 0 Å². The fraction of sp³-hybridized carbons (Fsp3) is 0.450. The van der Waals surface area contributed by atoms with Crippen LogP contribution in [0.5, 0.6) is 0 Å². The lowest BCUT2D eigenvalue weighted by Gasteiger charge is -2.44. The van der Waals surface area contributed by atoms with Crippen molar-refractivity contribution in [3.8, 4) is 0 Å². The zero-order valence-corrected chi connectivity index (χ0v) is 14.5. The molecule has 0 radical (unpaired) electrons. The molecule has 128 valence electrons. The van der Waals surface area contributed by atoms with Gasteiger partial charge in [0, 0.05) is 25.2 Å². The predicted octanol–water partition coefficient (Wildman–Crippen LogP) is 3.45. The molecule has 2 heterocycles. The van der Waals surface area contributed by atoms with E-state index in [-0.39, 0.29) is 11.9 Å². The van der Waals surface area contributed by atoms with Crippen LogP contribution < -0.4 is 0 Å². The SMILES string of the molecule is C[C@@H]1CN(C(=O)c2ccco2)[C@@H](C)CN1CCCc1ccccc1. The summed E-state index contributed by atoms with van der Waals surface area (Å²) >= 11 is 0. The third-order valence-electron chi connectivity index (χ3n) is 4.86. The molecule has 1 aliphatic rings. The zero-order chi connectivity index (χ0) is 16.9. The normalized spacial score (nSPS) is 21.8. The van der Waals surface area contributed by atoms with Crippen LogP contribution in [0.15, 0.2) is 53.1 Å². The van der Waals surface area contributed by atoms with Crippen LogP contribution in [0.25, 0.3) is 0 Å². The van der Waals surface area contributed by atoms with E-state index in [1.165, 1.54) is 5.56 Å². The monoisotopic (exact) mass is 326 g/mol. The molecule has 4 heteroatoms. The number of hydrogen-bond acceptors (Lipinski definition) is 3. The third-order valence-corrected chi connectivity index (χ3v) is 4.86. The number of piperazine rings is 1. The van der Waals surface area contributed by atoms with Crippen molar-refractivity contribution < 1.29 is 9.21 Å². The standard InChI is InChI=1S/C20H26N2O2/c1-16-15-22(20(23)19-11-7-13-24-19)17(2)14-21(16)12-6-10-18-8-4-3-5-9-18/h3-5,7-9,11,13,16-17H,6,10,12,14-15H2,1-2H3/t16-,17+/m1/s1. The maximum absolute atomic E-state index is 12.5. The van der Waals surface area contributed by atoms with Gasteiger partial charge in [0.25, 0.3) is 5.91 Å². The summed E-state index contributed by atoms with van der Waals surface area (Å²) in [5.41, 5.74) is 1.39. The first-order chi connectivity index (χ1) is 11.6. The topological polar surface area (TPSA) is 36.7 Å². The lowest BCUT2D eigenvalue weighted by atomic mass is 10.1. The van der Waals surface area contributed by atoms with Crippen molar-refractivity contribution in [1.29, 1.82) is 0 Å². The van der Waals surface area contributed by atoms with Crippen molar-refractivity contribution in [3.05, 3.63) is 60.1 Å². The fourth-order valence-electron chi connectivity index (χ4n) is 3.47. The molecule has 1 amide bonds. The molecule has 1 aromatic carbocycles. The molecule has 3 rings (SSSR count). The minimum Gasteiger partial charge on any atom is -0.459 e. The minimum atomic E-state index is 0.00304. The average Bonchev–Trinajstić information content (AvgIpc) is 3.12. The van der Waals surface area contributed by atoms with E-state index in [9.17, 15) is 4.79 Å². The fourth-order valence-corrected chi connectivity index (χ4v) is 3.47. The van der Waals surface area contributed by atoms with E-state index >= 15 is 0 Å². The highest BCUT2D eigenvalue weighted by Crippen LogP contribution is 2.19. The van der Waals surface area contributed by atoms with Gasteiger partial charge in [-0.2, -0.15) is 0 Å². The van der Waals surface area contributed by atoms with Crippen molar-refractivity contribution in [2.24, 2.45) is 0 Å². The van der Waals surface area contributed by atoms with Gasteiger partial charge in [-0.05, 0) is 50.9 Å². The van der Waals surface area contributed by atoms with Crippen LogP contribution in [0.2, 0.25) is 0 Å². The number of furan rings is 1. The lowest BCUT2D eigenvalue weighted by Crippen LogP contribution is -2.58. The van der Waals surface area contributed by atoms with Crippen molar-refractivity contribution in [1.82, 2.24) is 9.80 Å². The maximum Gasteiger partial charge on any atom is 0.289 e. The molecular weight excluding hydrogens is 300 g/mol. The molecule has 1 fully saturated rings. The Labute approximate surface area is 144 Å². The molecule has 0 spiro atoms. The summed E-state index contributed by atoms with van der Waals surface area (Å²) < 4.78 is 5.27. The van der Waals surface area contributed by atoms with E-state index in [4.69, 9.17) is 4.42 Å². The highest BCUT2D eigenvalue weighted by atomic mass is 16.3. The Hall–Kier alpha value is -2.07. The summed E-state index contributed by atoms with van der Waals surface area (Å²) in [5, 5.41) is 0. The molecular formula is C20H26N2O2. The second-order valence-electron chi connectivity index (χ2n) is 6.72. The summed E-state index contributed by atoms with van der Waals surface area (Å²) in [7, 11) is 0. The number of carbonyl (C=O) groups is 1. The number of hydrogen-bond donors (Lipinski definition) is 0. The van der Waals surface area contributed by atoms with Gasteiger partial charge < -0.3 is 9.32 Å². The summed E-state index contributed by atoms with van der Waals surface area (Å²) in [4.78, 5) is 17.0. The zero-order valence-electron chi connectivity index (χ0n) is 14.5. The van der Waals surface area contributed by atoms with Crippen LogP contribution >= 0.6 is 0 Å². The molecule has 1 aliphatic heterocycles. The summed E-state index contributed by atoms with van der Waals surface area (Å²) in [6, 6.07) is 14.7. The second-order valence-corrected chi connectivity index (χ2v) is 6.72. The van der Waals surface area contributed by atoms with Gasteiger partial charge in [0.1, 0.15) is 0 Å². The van der Waals surface area contributed by atoms with E-state index < -0.39 is 0 Å². The molecule has 1 aromatic heterocycles. The first kappa shape index (κ1) is 16.8. The van der Waals surface area contributed by atoms with Gasteiger partial charge in [0.05, 0.1) is 6.26 Å². The van der Waals surface area contributed by atoms with Gasteiger partial charge in [-0.15, -0.1) is 0 Å². The van der Waals surface area contributed by atoms with Crippen LogP contribution in [0.3, 0.4) is 0 Å². The molecule has 1 saturated heterocycles. The quantitative estimate of drug-likeness (QED) is 0.844. The van der Waals surface area contributed by atoms with E-state index in [1.54, 1.807) is 18.4 Å². The molecule has 2 aromatic rings. The van der Waals surface area contributed by atoms with Crippen molar-refractivity contribution in [2.45, 2.75) is 38.8 Å². The van der Waals surface area contributed by atoms with Gasteiger partial charge in [-0.1, -0.05) is 30.3 Å². The van der Waals surface area contributed by atoms with E-state index in [0.29, 0.717) is 11.8 Å². The number of carbonyl (C=O) groups excluding carboxylic acids is 1. The highest BCUT2D eigenvalue weighted by molar-refractivity contribution is 5.91. The van der Waals surface area contributed by atoms with Crippen LogP contribution in [-0.2, 0) is 6.42 Å². The Kier molecular flexibility index (Phi) is 5.36. The van der Waals surface area contributed by atoms with Crippen LogP contribution in [0.4, 0.5) is 0 Å². The molecule has 0 unspecified atom stereocenters. The predicted molar refractivity (Wildman–Crippen MR) is 95.0 cm³/mol. The van der Waals surface area contributed by atoms with Crippen LogP contribution in [-0.4, -0.2) is 47.4 Å². The van der Waals surface area contributed by atoms with Gasteiger partial charge >= 0.3 is 0 Å². The smallest absolute Gasteiger partial charge is 0.289 e. The van der Waals surface area contributed by atoms with Gasteiger partial charge in [-0.3, -0.25) is 9.69 Å². The van der Waals surface area contributed by atoms with E-state index in [1.807, 2.05) is 4.90 Å². The summed E-state index contributed by atoms with van der Waals surface area (Å²) in [6.07, 6.45) is 3.81. The first-order valence-corrected chi connectivity index (χ1v) is 8.77. The third kappa shape index (κ3) is 3.88. The first-order valence-electron chi connectivity index (χ1n) is 8.77.